The van der Waals surface area contributed by atoms with E-state index < -0.39 is 0 Å². The van der Waals surface area contributed by atoms with Crippen LogP contribution in [0.3, 0.4) is 0 Å². The Balaban J connectivity index is 1.37. The highest BCUT2D eigenvalue weighted by Gasteiger charge is 2.27. The third kappa shape index (κ3) is 5.91. The van der Waals surface area contributed by atoms with Gasteiger partial charge in [-0.1, -0.05) is 36.2 Å². The zero-order valence-corrected chi connectivity index (χ0v) is 22.2. The van der Waals surface area contributed by atoms with Crippen LogP contribution in [0.25, 0.3) is 11.3 Å². The topological polar surface area (TPSA) is 105 Å². The van der Waals surface area contributed by atoms with Crippen molar-refractivity contribution in [1.29, 1.82) is 0 Å². The zero-order chi connectivity index (χ0) is 27.4. The van der Waals surface area contributed by atoms with E-state index in [1.165, 1.54) is 10.7 Å². The summed E-state index contributed by atoms with van der Waals surface area (Å²) in [6.07, 6.45) is 3.02. The maximum atomic E-state index is 13.2. The zero-order valence-electron chi connectivity index (χ0n) is 21.5. The first-order valence-electron chi connectivity index (χ1n) is 12.9. The number of carbonyl (C=O) groups excluding carboxylic acids is 2. The van der Waals surface area contributed by atoms with E-state index in [0.29, 0.717) is 39.9 Å². The number of amides is 2. The molecule has 1 heterocycles. The molecule has 1 aliphatic rings. The van der Waals surface area contributed by atoms with Gasteiger partial charge >= 0.3 is 6.03 Å². The molecule has 9 heteroatoms. The van der Waals surface area contributed by atoms with Gasteiger partial charge in [0.15, 0.2) is 0 Å². The van der Waals surface area contributed by atoms with E-state index in [9.17, 15) is 14.7 Å². The van der Waals surface area contributed by atoms with Gasteiger partial charge in [0.25, 0.3) is 5.91 Å². The molecule has 1 aliphatic carbocycles. The van der Waals surface area contributed by atoms with Crippen LogP contribution in [0.15, 0.2) is 72.8 Å². The molecule has 1 saturated carbocycles. The quantitative estimate of drug-likeness (QED) is 0.217. The van der Waals surface area contributed by atoms with Crippen LogP contribution in [0.1, 0.15) is 53.7 Å². The number of nitrogens with one attached hydrogen (secondary N) is 2. The lowest BCUT2D eigenvalue weighted by Crippen LogP contribution is -2.31. The van der Waals surface area contributed by atoms with Gasteiger partial charge in [0.05, 0.1) is 18.0 Å². The molecule has 0 bridgehead atoms. The number of aromatic nitrogens is 2. The van der Waals surface area contributed by atoms with Gasteiger partial charge in [-0.3, -0.25) is 4.79 Å². The van der Waals surface area contributed by atoms with Crippen LogP contribution >= 0.6 is 11.6 Å². The fourth-order valence-corrected chi connectivity index (χ4v) is 4.67. The summed E-state index contributed by atoms with van der Waals surface area (Å²) < 4.78 is 6.81. The normalized spacial score (nSPS) is 13.0. The average molecular weight is 545 g/mol. The molecule has 3 N–H and O–H groups in total. The number of aromatic hydroxyl groups is 1. The molecule has 5 rings (SSSR count). The number of benzene rings is 3. The van der Waals surface area contributed by atoms with Crippen molar-refractivity contribution >= 4 is 29.2 Å². The Morgan fingerprint density at radius 2 is 1.85 bits per heavy atom. The van der Waals surface area contributed by atoms with Crippen molar-refractivity contribution in [1.82, 2.24) is 15.1 Å². The molecule has 200 valence electrons. The van der Waals surface area contributed by atoms with Gasteiger partial charge in [0.1, 0.15) is 11.5 Å². The van der Waals surface area contributed by atoms with E-state index in [-0.39, 0.29) is 30.2 Å². The molecule has 8 nitrogen and oxygen atoms in total. The molecular formula is C30H29ClN4O4. The van der Waals surface area contributed by atoms with Gasteiger partial charge in [0, 0.05) is 34.3 Å². The highest BCUT2D eigenvalue weighted by atomic mass is 35.5. The summed E-state index contributed by atoms with van der Waals surface area (Å²) in [6, 6.07) is 20.4. The maximum absolute atomic E-state index is 13.2. The first-order chi connectivity index (χ1) is 18.9. The summed E-state index contributed by atoms with van der Waals surface area (Å²) in [4.78, 5) is 26.0. The summed E-state index contributed by atoms with van der Waals surface area (Å²) in [5, 5.41) is 21.6. The van der Waals surface area contributed by atoms with Gasteiger partial charge in [0.2, 0.25) is 0 Å². The number of halogens is 1. The van der Waals surface area contributed by atoms with Crippen LogP contribution in [0, 0.1) is 0 Å². The fraction of sp³-hybridized carbons (Fsp3) is 0.233. The third-order valence-electron chi connectivity index (χ3n) is 6.80. The summed E-state index contributed by atoms with van der Waals surface area (Å²) >= 11 is 6.24. The molecule has 1 fully saturated rings. The number of rotatable bonds is 8. The maximum Gasteiger partial charge on any atom is 0.342 e. The summed E-state index contributed by atoms with van der Waals surface area (Å²) in [5.74, 6) is 0.599. The third-order valence-corrected chi connectivity index (χ3v) is 7.17. The number of phenolic OH excluding ortho intramolecular Hbond substituents is 1. The van der Waals surface area contributed by atoms with Crippen LogP contribution in [-0.4, -0.2) is 33.4 Å². The number of carbonyl (C=O) groups is 2. The molecule has 39 heavy (non-hydrogen) atoms. The van der Waals surface area contributed by atoms with Crippen LogP contribution in [0.4, 0.5) is 10.5 Å². The summed E-state index contributed by atoms with van der Waals surface area (Å²) in [5.41, 5.74) is 3.41. The van der Waals surface area contributed by atoms with Crippen molar-refractivity contribution in [3.63, 3.8) is 0 Å². The molecule has 0 spiro atoms. The standard InChI is InChI=1S/C30H29ClN4O4/c1-2-39-23-13-10-20(11-14-23)29(37)33-22-12-15-28(36)24(16-22)26-17-27(19-7-5-8-19)35(34-26)30(38)32-18-21-6-3-4-9-25(21)31/h3-4,6,9-17,19,36H,2,5,7-8,18H2,1H3,(H,32,38)(H,33,37). The van der Waals surface area contributed by atoms with Gasteiger partial charge in [-0.2, -0.15) is 9.78 Å². The van der Waals surface area contributed by atoms with Crippen LogP contribution in [0.2, 0.25) is 5.02 Å². The van der Waals surface area contributed by atoms with Gasteiger partial charge in [-0.25, -0.2) is 4.79 Å². The van der Waals surface area contributed by atoms with Crippen molar-refractivity contribution < 1.29 is 19.4 Å². The molecule has 0 radical (unpaired) electrons. The molecule has 0 unspecified atom stereocenters. The van der Waals surface area contributed by atoms with E-state index in [4.69, 9.17) is 16.3 Å². The minimum absolute atomic E-state index is 0.00430. The van der Waals surface area contributed by atoms with E-state index >= 15 is 0 Å². The monoisotopic (exact) mass is 544 g/mol. The van der Waals surface area contributed by atoms with E-state index in [1.54, 1.807) is 42.5 Å². The predicted molar refractivity (Wildman–Crippen MR) is 151 cm³/mol. The number of hydrogen-bond acceptors (Lipinski definition) is 5. The minimum atomic E-state index is -0.373. The van der Waals surface area contributed by atoms with Crippen LogP contribution < -0.4 is 15.4 Å². The predicted octanol–water partition coefficient (Wildman–Crippen LogP) is 6.59. The Morgan fingerprint density at radius 1 is 1.08 bits per heavy atom. The Labute approximate surface area is 231 Å². The Bertz CT molecular complexity index is 1500. The smallest absolute Gasteiger partial charge is 0.342 e. The van der Waals surface area contributed by atoms with Gasteiger partial charge in [-0.15, -0.1) is 0 Å². The van der Waals surface area contributed by atoms with Crippen molar-refractivity contribution in [2.75, 3.05) is 11.9 Å². The Hall–Kier alpha value is -4.30. The second-order valence-electron chi connectivity index (χ2n) is 9.39. The number of nitrogens with zero attached hydrogens (tertiary/aromatic N) is 2. The number of ether oxygens (including phenoxy) is 1. The largest absolute Gasteiger partial charge is 0.507 e. The highest BCUT2D eigenvalue weighted by molar-refractivity contribution is 6.31. The summed E-state index contributed by atoms with van der Waals surface area (Å²) in [6.45, 7) is 2.70. The lowest BCUT2D eigenvalue weighted by molar-refractivity contribution is 0.102. The van der Waals surface area contributed by atoms with Crippen LogP contribution in [-0.2, 0) is 6.54 Å². The summed E-state index contributed by atoms with van der Waals surface area (Å²) in [7, 11) is 0. The first kappa shape index (κ1) is 26.3. The van der Waals surface area contributed by atoms with Crippen molar-refractivity contribution in [2.45, 2.75) is 38.6 Å². The van der Waals surface area contributed by atoms with Crippen molar-refractivity contribution in [3.05, 3.63) is 94.6 Å². The minimum Gasteiger partial charge on any atom is -0.507 e. The number of phenols is 1. The highest BCUT2D eigenvalue weighted by Crippen LogP contribution is 2.39. The van der Waals surface area contributed by atoms with E-state index in [2.05, 4.69) is 15.7 Å². The molecule has 3 aromatic carbocycles. The molecule has 2 amide bonds. The molecule has 0 atom stereocenters. The average Bonchev–Trinajstić information content (AvgIpc) is 3.33. The number of hydrogen-bond donors (Lipinski definition) is 3. The molecule has 1 aromatic heterocycles. The second-order valence-corrected chi connectivity index (χ2v) is 9.79. The lowest BCUT2D eigenvalue weighted by atomic mass is 9.82. The SMILES string of the molecule is CCOc1ccc(C(=O)Nc2ccc(O)c(-c3cc(C4CCC4)n(C(=O)NCc4ccccc4Cl)n3)c2)cc1. The van der Waals surface area contributed by atoms with Gasteiger partial charge in [-0.05, 0) is 79.9 Å². The van der Waals surface area contributed by atoms with Crippen LogP contribution in [0.5, 0.6) is 11.5 Å². The molecule has 4 aromatic rings. The molecular weight excluding hydrogens is 516 g/mol. The van der Waals surface area contributed by atoms with Gasteiger partial charge < -0.3 is 20.5 Å². The second kappa shape index (κ2) is 11.6. The van der Waals surface area contributed by atoms with E-state index in [1.807, 2.05) is 31.2 Å². The molecule has 0 saturated heterocycles. The number of anilines is 1. The Morgan fingerprint density at radius 3 is 2.54 bits per heavy atom. The molecule has 0 aliphatic heterocycles. The van der Waals surface area contributed by atoms with Crippen molar-refractivity contribution in [3.8, 4) is 22.8 Å². The fourth-order valence-electron chi connectivity index (χ4n) is 4.46. The van der Waals surface area contributed by atoms with E-state index in [0.717, 1.165) is 30.5 Å². The van der Waals surface area contributed by atoms with Crippen molar-refractivity contribution in [2.24, 2.45) is 0 Å². The lowest BCUT2D eigenvalue weighted by Gasteiger charge is -2.25. The Kier molecular flexibility index (Phi) is 7.84. The first-order valence-corrected chi connectivity index (χ1v) is 13.3.